The largest absolute Gasteiger partial charge is 0.388 e. The molecule has 0 heterocycles. The van der Waals surface area contributed by atoms with Gasteiger partial charge in [0.05, 0.1) is 0 Å². The van der Waals surface area contributed by atoms with Crippen molar-refractivity contribution in [3.05, 3.63) is 71.8 Å². The zero-order chi connectivity index (χ0) is 18.3. The molecule has 0 saturated carbocycles. The number of hydrogen-bond acceptors (Lipinski definition) is 2. The van der Waals surface area contributed by atoms with Crippen LogP contribution in [0, 0.1) is 0 Å². The topological polar surface area (TPSA) is 18.5 Å². The van der Waals surface area contributed by atoms with Crippen LogP contribution in [0.1, 0.15) is 38.8 Å². The maximum Gasteiger partial charge on any atom is 0.0351 e. The summed E-state index contributed by atoms with van der Waals surface area (Å²) >= 11 is 0. The quantitative estimate of drug-likeness (QED) is 0.690. The van der Waals surface area contributed by atoms with E-state index in [0.29, 0.717) is 0 Å². The van der Waals surface area contributed by atoms with E-state index in [1.54, 1.807) is 28.4 Å². The number of benzene rings is 2. The van der Waals surface area contributed by atoms with Gasteiger partial charge < -0.3 is 9.47 Å². The summed E-state index contributed by atoms with van der Waals surface area (Å²) in [5.41, 5.74) is 2.74. The van der Waals surface area contributed by atoms with Gasteiger partial charge in [0.2, 0.25) is 0 Å². The third kappa shape index (κ3) is 20.4. The highest BCUT2D eigenvalue weighted by atomic mass is 16.5. The van der Waals surface area contributed by atoms with Crippen LogP contribution in [0.3, 0.4) is 0 Å². The average molecular weight is 321 g/mol. The van der Waals surface area contributed by atoms with Crippen LogP contribution in [0.5, 0.6) is 0 Å². The van der Waals surface area contributed by atoms with Gasteiger partial charge in [-0.1, -0.05) is 88.4 Å². The second-order valence-electron chi connectivity index (χ2n) is 3.96. The van der Waals surface area contributed by atoms with E-state index in [4.69, 9.17) is 0 Å². The predicted molar refractivity (Wildman–Crippen MR) is 104 cm³/mol. The van der Waals surface area contributed by atoms with E-state index in [-0.39, 0.29) is 0 Å². The van der Waals surface area contributed by atoms with Crippen LogP contribution in [0.15, 0.2) is 60.7 Å². The smallest absolute Gasteiger partial charge is 0.0351 e. The fraction of sp³-hybridized carbons (Fsp3) is 0.429. The first-order valence-corrected chi connectivity index (χ1v) is 8.16. The molecular weight excluding hydrogens is 284 g/mol. The Kier molecular flexibility index (Phi) is 28.9. The third-order valence-electron chi connectivity index (χ3n) is 2.09. The highest BCUT2D eigenvalue weighted by molar-refractivity contribution is 5.25. The highest BCUT2D eigenvalue weighted by Crippen LogP contribution is 2.07. The number of methoxy groups -OCH3 is 2. The van der Waals surface area contributed by atoms with Crippen LogP contribution in [-0.2, 0) is 15.9 Å². The molecule has 132 valence electrons. The Bertz CT molecular complexity index is 346. The molecule has 0 aromatic heterocycles. The van der Waals surface area contributed by atoms with E-state index in [1.807, 2.05) is 27.7 Å². The van der Waals surface area contributed by atoms with Crippen molar-refractivity contribution in [2.24, 2.45) is 0 Å². The molecule has 2 aromatic carbocycles. The Morgan fingerprint density at radius 3 is 0.957 bits per heavy atom. The maximum absolute atomic E-state index is 4.25. The molecule has 0 N–H and O–H groups in total. The summed E-state index contributed by atoms with van der Waals surface area (Å²) in [6.07, 6.45) is 1.03. The fourth-order valence-corrected chi connectivity index (χ4v) is 1.43. The average Bonchev–Trinajstić information content (AvgIpc) is 2.62. The molecule has 0 atom stereocenters. The second kappa shape index (κ2) is 25.3. The molecule has 23 heavy (non-hydrogen) atoms. The van der Waals surface area contributed by atoms with Crippen molar-refractivity contribution in [1.82, 2.24) is 0 Å². The molecule has 0 bridgehead atoms. The van der Waals surface area contributed by atoms with Crippen molar-refractivity contribution >= 4 is 0 Å². The Hall–Kier alpha value is -1.64. The lowest BCUT2D eigenvalue weighted by molar-refractivity contribution is 0.277. The monoisotopic (exact) mass is 320 g/mol. The van der Waals surface area contributed by atoms with Gasteiger partial charge >= 0.3 is 0 Å². The summed E-state index contributed by atoms with van der Waals surface area (Å²) in [5.74, 6) is 0. The van der Waals surface area contributed by atoms with E-state index < -0.39 is 0 Å². The number of ether oxygens (including phenoxy) is 2. The standard InChI is InChI=1S/C13H12.2C2H6O.2C2H6/c1-3-7-12(8-4-1)11-13-9-5-2-6-10-13;2*1-3-2;2*1-2/h1-10H,11H2;2*1-2H3;2*1-2H3. The van der Waals surface area contributed by atoms with Gasteiger partial charge in [0, 0.05) is 28.4 Å². The van der Waals surface area contributed by atoms with Gasteiger partial charge in [0.25, 0.3) is 0 Å². The molecule has 2 nitrogen and oxygen atoms in total. The van der Waals surface area contributed by atoms with Gasteiger partial charge in [-0.2, -0.15) is 0 Å². The molecule has 0 aliphatic heterocycles. The minimum atomic E-state index is 1.03. The van der Waals surface area contributed by atoms with Crippen molar-refractivity contribution in [2.45, 2.75) is 34.1 Å². The summed E-state index contributed by atoms with van der Waals surface area (Å²) in [4.78, 5) is 0. The number of hydrogen-bond donors (Lipinski definition) is 0. The van der Waals surface area contributed by atoms with Crippen molar-refractivity contribution in [1.29, 1.82) is 0 Å². The molecule has 0 aliphatic carbocycles. The normalized spacial score (nSPS) is 7.65. The molecular formula is C21H36O2. The summed E-state index contributed by atoms with van der Waals surface area (Å²) in [6.45, 7) is 8.00. The molecule has 0 fully saturated rings. The predicted octanol–water partition coefficient (Wildman–Crippen LogP) is 5.86. The van der Waals surface area contributed by atoms with Gasteiger partial charge in [-0.15, -0.1) is 0 Å². The molecule has 0 unspecified atom stereocenters. The van der Waals surface area contributed by atoms with Gasteiger partial charge in [0.15, 0.2) is 0 Å². The van der Waals surface area contributed by atoms with Gasteiger partial charge in [-0.3, -0.25) is 0 Å². The van der Waals surface area contributed by atoms with Crippen LogP contribution in [0.4, 0.5) is 0 Å². The van der Waals surface area contributed by atoms with Crippen molar-refractivity contribution in [3.8, 4) is 0 Å². The summed E-state index contributed by atoms with van der Waals surface area (Å²) in [6, 6.07) is 21.1. The molecule has 0 aliphatic rings. The first-order chi connectivity index (χ1) is 11.3. The summed E-state index contributed by atoms with van der Waals surface area (Å²) < 4.78 is 8.50. The first-order valence-electron chi connectivity index (χ1n) is 8.16. The molecule has 0 amide bonds. The van der Waals surface area contributed by atoms with E-state index in [1.165, 1.54) is 11.1 Å². The molecule has 0 saturated heterocycles. The summed E-state index contributed by atoms with van der Waals surface area (Å²) in [5, 5.41) is 0. The van der Waals surface area contributed by atoms with E-state index in [9.17, 15) is 0 Å². The zero-order valence-corrected chi connectivity index (χ0v) is 16.3. The Morgan fingerprint density at radius 1 is 0.522 bits per heavy atom. The van der Waals surface area contributed by atoms with Crippen molar-refractivity contribution < 1.29 is 9.47 Å². The SMILES string of the molecule is CC.CC.COC.COC.c1ccc(Cc2ccccc2)cc1. The lowest BCUT2D eigenvalue weighted by atomic mass is 10.1. The van der Waals surface area contributed by atoms with Gasteiger partial charge in [-0.25, -0.2) is 0 Å². The van der Waals surface area contributed by atoms with Crippen molar-refractivity contribution in [3.63, 3.8) is 0 Å². The molecule has 2 heteroatoms. The summed E-state index contributed by atoms with van der Waals surface area (Å²) in [7, 11) is 6.50. The third-order valence-corrected chi connectivity index (χ3v) is 2.09. The van der Waals surface area contributed by atoms with Gasteiger partial charge in [-0.05, 0) is 17.5 Å². The van der Waals surface area contributed by atoms with Crippen LogP contribution >= 0.6 is 0 Å². The first kappa shape index (κ1) is 26.3. The van der Waals surface area contributed by atoms with Crippen LogP contribution in [-0.4, -0.2) is 28.4 Å². The molecule has 2 rings (SSSR count). The highest BCUT2D eigenvalue weighted by Gasteiger charge is 1.92. The molecule has 2 aromatic rings. The molecule has 0 spiro atoms. The van der Waals surface area contributed by atoms with Gasteiger partial charge in [0.1, 0.15) is 0 Å². The Balaban J connectivity index is -0.000000339. The lowest BCUT2D eigenvalue weighted by Gasteiger charge is -2.00. The molecule has 0 radical (unpaired) electrons. The van der Waals surface area contributed by atoms with Crippen LogP contribution < -0.4 is 0 Å². The Labute approximate surface area is 144 Å². The van der Waals surface area contributed by atoms with E-state index >= 15 is 0 Å². The zero-order valence-electron chi connectivity index (χ0n) is 16.3. The minimum Gasteiger partial charge on any atom is -0.388 e. The number of rotatable bonds is 2. The van der Waals surface area contributed by atoms with Crippen LogP contribution in [0.2, 0.25) is 0 Å². The second-order valence-corrected chi connectivity index (χ2v) is 3.96. The van der Waals surface area contributed by atoms with Crippen molar-refractivity contribution in [2.75, 3.05) is 28.4 Å². The van der Waals surface area contributed by atoms with E-state index in [2.05, 4.69) is 70.1 Å². The lowest BCUT2D eigenvalue weighted by Crippen LogP contribution is -1.85. The van der Waals surface area contributed by atoms with Crippen LogP contribution in [0.25, 0.3) is 0 Å². The Morgan fingerprint density at radius 2 is 0.739 bits per heavy atom. The maximum atomic E-state index is 4.25. The fourth-order valence-electron chi connectivity index (χ4n) is 1.43. The minimum absolute atomic E-state index is 1.03. The van der Waals surface area contributed by atoms with E-state index in [0.717, 1.165) is 6.42 Å².